The molecule has 2 aromatic carbocycles. The van der Waals surface area contributed by atoms with E-state index in [1.165, 1.54) is 0 Å². The van der Waals surface area contributed by atoms with Crippen molar-refractivity contribution in [3.63, 3.8) is 0 Å². The summed E-state index contributed by atoms with van der Waals surface area (Å²) in [6.45, 7) is 5.02. The second kappa shape index (κ2) is 12.9. The van der Waals surface area contributed by atoms with Crippen LogP contribution in [0.2, 0.25) is 0 Å². The molecule has 0 aliphatic carbocycles. The van der Waals surface area contributed by atoms with Gasteiger partial charge in [0.2, 0.25) is 5.91 Å². The van der Waals surface area contributed by atoms with Crippen LogP contribution < -0.4 is 14.8 Å². The van der Waals surface area contributed by atoms with Crippen molar-refractivity contribution >= 4 is 11.8 Å². The monoisotopic (exact) mass is 544 g/mol. The molecule has 0 unspecified atom stereocenters. The Kier molecular flexibility index (Phi) is 8.93. The van der Waals surface area contributed by atoms with Crippen molar-refractivity contribution in [2.75, 3.05) is 33.3 Å². The number of benzene rings is 2. The second-order valence-corrected chi connectivity index (χ2v) is 10.3. The molecular formula is C31H36N4O5. The highest BCUT2D eigenvalue weighted by Gasteiger charge is 2.32. The first-order chi connectivity index (χ1) is 19.5. The van der Waals surface area contributed by atoms with Gasteiger partial charge < -0.3 is 24.4 Å². The van der Waals surface area contributed by atoms with Gasteiger partial charge in [-0.15, -0.1) is 0 Å². The van der Waals surface area contributed by atoms with Crippen LogP contribution in [-0.4, -0.2) is 72.0 Å². The molecular weight excluding hydrogens is 508 g/mol. The Morgan fingerprint density at radius 1 is 1.12 bits per heavy atom. The number of aromatic nitrogens is 1. The summed E-state index contributed by atoms with van der Waals surface area (Å²) < 4.78 is 18.1. The number of rotatable bonds is 5. The maximum atomic E-state index is 13.5. The lowest BCUT2D eigenvalue weighted by atomic mass is 10.0. The molecule has 0 spiro atoms. The largest absolute Gasteiger partial charge is 0.493 e. The molecule has 210 valence electrons. The van der Waals surface area contributed by atoms with Crippen LogP contribution >= 0.6 is 0 Å². The predicted molar refractivity (Wildman–Crippen MR) is 150 cm³/mol. The number of ether oxygens (including phenoxy) is 3. The van der Waals surface area contributed by atoms with Crippen LogP contribution in [0.25, 0.3) is 0 Å². The Morgan fingerprint density at radius 3 is 2.83 bits per heavy atom. The molecule has 40 heavy (non-hydrogen) atoms. The fourth-order valence-corrected chi connectivity index (χ4v) is 5.26. The second-order valence-electron chi connectivity index (χ2n) is 10.3. The van der Waals surface area contributed by atoms with Crippen molar-refractivity contribution in [1.82, 2.24) is 20.1 Å². The number of carbonyl (C=O) groups is 2. The first kappa shape index (κ1) is 27.6. The molecule has 9 nitrogen and oxygen atoms in total. The normalized spacial score (nSPS) is 20.3. The van der Waals surface area contributed by atoms with Gasteiger partial charge in [-0.25, -0.2) is 0 Å². The summed E-state index contributed by atoms with van der Waals surface area (Å²) >= 11 is 0. The highest BCUT2D eigenvalue weighted by molar-refractivity contribution is 5.97. The summed E-state index contributed by atoms with van der Waals surface area (Å²) in [5.74, 6) is 1.13. The van der Waals surface area contributed by atoms with Gasteiger partial charge in [-0.2, -0.15) is 0 Å². The first-order valence-corrected chi connectivity index (χ1v) is 13.8. The molecule has 0 radical (unpaired) electrons. The minimum atomic E-state index is -0.232. The molecule has 3 heterocycles. The van der Waals surface area contributed by atoms with Crippen LogP contribution in [0.1, 0.15) is 41.3 Å². The van der Waals surface area contributed by atoms with Crippen molar-refractivity contribution < 1.29 is 23.8 Å². The van der Waals surface area contributed by atoms with Gasteiger partial charge in [0.1, 0.15) is 5.75 Å². The number of carbonyl (C=O) groups excluding carboxylic acids is 2. The Bertz CT molecular complexity index is 1320. The third-order valence-corrected chi connectivity index (χ3v) is 7.23. The Morgan fingerprint density at radius 2 is 2.02 bits per heavy atom. The molecule has 3 aromatic rings. The number of hydrogen-bond donors (Lipinski definition) is 1. The van der Waals surface area contributed by atoms with Gasteiger partial charge in [-0.05, 0) is 60.4 Å². The van der Waals surface area contributed by atoms with Gasteiger partial charge in [-0.1, -0.05) is 25.1 Å². The minimum Gasteiger partial charge on any atom is -0.493 e. The molecule has 1 N–H and O–H groups in total. The van der Waals surface area contributed by atoms with Gasteiger partial charge in [0.15, 0.2) is 11.5 Å². The van der Waals surface area contributed by atoms with Crippen LogP contribution in [0.15, 0.2) is 67.0 Å². The Labute approximate surface area is 235 Å². The third kappa shape index (κ3) is 6.78. The van der Waals surface area contributed by atoms with E-state index in [1.807, 2.05) is 43.5 Å². The molecule has 2 aliphatic rings. The molecule has 5 rings (SSSR count). The number of methoxy groups -OCH3 is 1. The van der Waals surface area contributed by atoms with E-state index in [0.717, 1.165) is 37.1 Å². The van der Waals surface area contributed by atoms with Crippen LogP contribution in [0.5, 0.6) is 17.2 Å². The SMILES string of the molecule is CCCN1CC(=O)N[C@H]2CCN(Cc3cccnc3)C[C@@H]2OCc2cccc(c2)Oc2cc(ccc2OC)C1=O. The quantitative estimate of drug-likeness (QED) is 0.519. The average Bonchev–Trinajstić information content (AvgIpc) is 2.97. The average molecular weight is 545 g/mol. The standard InChI is InChI=1S/C31H36N4O5/c1-3-13-35-20-30(36)33-26-11-14-34(18-23-7-5-12-32-17-23)19-29(26)39-21-22-6-4-8-25(15-22)40-28-16-24(31(35)37)9-10-27(28)38-2/h4-10,12,15-17,26,29H,3,11,13-14,18-21H2,1-2H3,(H,33,36)/t26-,29-/m0/s1. The van der Waals surface area contributed by atoms with E-state index in [-0.39, 0.29) is 30.5 Å². The number of hydrogen-bond acceptors (Lipinski definition) is 7. The summed E-state index contributed by atoms with van der Waals surface area (Å²) in [7, 11) is 1.56. The van der Waals surface area contributed by atoms with Crippen LogP contribution in [0.3, 0.4) is 0 Å². The highest BCUT2D eigenvalue weighted by atomic mass is 16.5. The lowest BCUT2D eigenvalue weighted by Gasteiger charge is -2.39. The zero-order valence-corrected chi connectivity index (χ0v) is 23.0. The third-order valence-electron chi connectivity index (χ3n) is 7.23. The van der Waals surface area contributed by atoms with E-state index in [4.69, 9.17) is 14.2 Å². The van der Waals surface area contributed by atoms with Crippen molar-refractivity contribution in [2.24, 2.45) is 0 Å². The lowest BCUT2D eigenvalue weighted by molar-refractivity contribution is -0.125. The molecule has 1 aromatic heterocycles. The molecule has 9 heteroatoms. The van der Waals surface area contributed by atoms with Crippen LogP contribution in [0.4, 0.5) is 0 Å². The van der Waals surface area contributed by atoms with Crippen molar-refractivity contribution in [1.29, 1.82) is 0 Å². The van der Waals surface area contributed by atoms with Gasteiger partial charge in [-0.3, -0.25) is 19.5 Å². The topological polar surface area (TPSA) is 93.2 Å². The zero-order chi connectivity index (χ0) is 27.9. The first-order valence-electron chi connectivity index (χ1n) is 13.8. The van der Waals surface area contributed by atoms with E-state index in [1.54, 1.807) is 36.4 Å². The van der Waals surface area contributed by atoms with Crippen molar-refractivity contribution in [3.8, 4) is 17.2 Å². The molecule has 2 amide bonds. The predicted octanol–water partition coefficient (Wildman–Crippen LogP) is 4.02. The number of amides is 2. The maximum Gasteiger partial charge on any atom is 0.254 e. The lowest BCUT2D eigenvalue weighted by Crippen LogP contribution is -2.56. The fraction of sp³-hybridized carbons (Fsp3) is 0.387. The van der Waals surface area contributed by atoms with Crippen LogP contribution in [0, 0.1) is 0 Å². The summed E-state index contributed by atoms with van der Waals surface area (Å²) in [6, 6.07) is 16.6. The number of piperidine rings is 1. The minimum absolute atomic E-state index is 0.0312. The highest BCUT2D eigenvalue weighted by Crippen LogP contribution is 2.33. The van der Waals surface area contributed by atoms with Gasteiger partial charge in [0.05, 0.1) is 32.4 Å². The number of nitrogens with zero attached hydrogens (tertiary/aromatic N) is 3. The van der Waals surface area contributed by atoms with Crippen molar-refractivity contribution in [2.45, 2.75) is 45.1 Å². The molecule has 1 fully saturated rings. The smallest absolute Gasteiger partial charge is 0.254 e. The summed E-state index contributed by atoms with van der Waals surface area (Å²) in [5, 5.41) is 3.18. The molecule has 0 saturated carbocycles. The number of fused-ring (bicyclic) bond motifs is 5. The van der Waals surface area contributed by atoms with Gasteiger partial charge in [0.25, 0.3) is 5.91 Å². The fourth-order valence-electron chi connectivity index (χ4n) is 5.26. The molecule has 1 saturated heterocycles. The van der Waals surface area contributed by atoms with Crippen molar-refractivity contribution in [3.05, 3.63) is 83.7 Å². The van der Waals surface area contributed by atoms with E-state index in [9.17, 15) is 9.59 Å². The van der Waals surface area contributed by atoms with Crippen LogP contribution in [-0.2, 0) is 22.7 Å². The van der Waals surface area contributed by atoms with E-state index in [0.29, 0.717) is 42.5 Å². The van der Waals surface area contributed by atoms with E-state index < -0.39 is 0 Å². The number of pyridine rings is 1. The molecule has 2 aliphatic heterocycles. The van der Waals surface area contributed by atoms with Gasteiger partial charge >= 0.3 is 0 Å². The number of likely N-dealkylation sites (tertiary alicyclic amines) is 1. The Hall–Kier alpha value is -3.95. The van der Waals surface area contributed by atoms with E-state index >= 15 is 0 Å². The zero-order valence-electron chi connectivity index (χ0n) is 23.0. The Balaban J connectivity index is 1.43. The molecule has 4 bridgehead atoms. The molecule has 2 atom stereocenters. The maximum absolute atomic E-state index is 13.5. The summed E-state index contributed by atoms with van der Waals surface area (Å²) in [4.78, 5) is 34.9. The van der Waals surface area contributed by atoms with Gasteiger partial charge in [0, 0.05) is 44.1 Å². The number of nitrogens with one attached hydrogen (secondary N) is 1. The van der Waals surface area contributed by atoms with E-state index in [2.05, 4.69) is 21.3 Å². The summed E-state index contributed by atoms with van der Waals surface area (Å²) in [6.07, 6.45) is 4.89. The summed E-state index contributed by atoms with van der Waals surface area (Å²) in [5.41, 5.74) is 2.51.